The van der Waals surface area contributed by atoms with Gasteiger partial charge in [0.05, 0.1) is 22.1 Å². The largest absolute Gasteiger partial charge is 0.456 e. The standard InChI is InChI=1S/C51H34N4O2/c1-3-14-31(15-4-1)49-52-50(32-16-5-2-6-17-32)54-51(53-49)33-28-29-43-39(30-33)46-36(20-12-26-44(46)56-43)37-21-11-22-38-47-42(25-13-27-45(47)57-48(37)38)55-40-23-9-7-18-34(40)35-19-8-10-24-41(35)55/h1-27,29-30,33,49H,28H2,(H,52,53,54). The van der Waals surface area contributed by atoms with Gasteiger partial charge in [-0.15, -0.1) is 0 Å². The minimum Gasteiger partial charge on any atom is -0.456 e. The summed E-state index contributed by atoms with van der Waals surface area (Å²) in [5.74, 6) is 1.61. The molecule has 1 N–H and O–H groups in total. The Bertz CT molecular complexity index is 3370. The summed E-state index contributed by atoms with van der Waals surface area (Å²) in [5, 5.41) is 10.5. The normalized spacial score (nSPS) is 16.6. The van der Waals surface area contributed by atoms with Gasteiger partial charge in [-0.2, -0.15) is 0 Å². The smallest absolute Gasteiger partial charge is 0.159 e. The predicted octanol–water partition coefficient (Wildman–Crippen LogP) is 10.8. The molecule has 0 spiro atoms. The number of benzene rings is 7. The quantitative estimate of drug-likeness (QED) is 0.191. The fourth-order valence-electron chi connectivity index (χ4n) is 9.01. The Labute approximate surface area is 327 Å². The molecular weight excluding hydrogens is 701 g/mol. The van der Waals surface area contributed by atoms with Crippen molar-refractivity contribution in [2.24, 2.45) is 15.9 Å². The van der Waals surface area contributed by atoms with E-state index in [1.54, 1.807) is 0 Å². The summed E-state index contributed by atoms with van der Waals surface area (Å²) in [5.41, 5.74) is 11.0. The van der Waals surface area contributed by atoms with Crippen molar-refractivity contribution in [2.75, 3.05) is 0 Å². The maximum atomic E-state index is 6.89. The molecule has 1 aliphatic carbocycles. The molecule has 6 nitrogen and oxygen atoms in total. The molecule has 2 unspecified atom stereocenters. The maximum Gasteiger partial charge on any atom is 0.159 e. The minimum atomic E-state index is -0.251. The SMILES string of the molecule is C1=c2oc3cccc(-c4cccc5c4oc4cccc(-n6c7ccccc7c7ccccc76)c45)c3c2=CC(C2=NC(c3ccccc3)=NC(c3ccccc3)N2)C1. The van der Waals surface area contributed by atoms with Crippen LogP contribution in [0.15, 0.2) is 183 Å². The highest BCUT2D eigenvalue weighted by molar-refractivity contribution is 6.17. The first-order chi connectivity index (χ1) is 28.3. The molecule has 57 heavy (non-hydrogen) atoms. The van der Waals surface area contributed by atoms with E-state index >= 15 is 0 Å². The second-order valence-electron chi connectivity index (χ2n) is 14.8. The molecule has 2 aliphatic rings. The van der Waals surface area contributed by atoms with Crippen LogP contribution in [0.5, 0.6) is 0 Å². The number of hydrogen-bond donors (Lipinski definition) is 1. The third-order valence-electron chi connectivity index (χ3n) is 11.6. The average Bonchev–Trinajstić information content (AvgIpc) is 3.96. The number of furan rings is 2. The summed E-state index contributed by atoms with van der Waals surface area (Å²) in [6.45, 7) is 0. The first kappa shape index (κ1) is 31.9. The van der Waals surface area contributed by atoms with Crippen LogP contribution >= 0.6 is 0 Å². The molecule has 7 aromatic carbocycles. The highest BCUT2D eigenvalue weighted by atomic mass is 16.3. The van der Waals surface area contributed by atoms with E-state index in [9.17, 15) is 0 Å². The first-order valence-corrected chi connectivity index (χ1v) is 19.5. The molecule has 1 aliphatic heterocycles. The molecule has 0 saturated heterocycles. The van der Waals surface area contributed by atoms with Gasteiger partial charge in [0.15, 0.2) is 5.84 Å². The zero-order valence-corrected chi connectivity index (χ0v) is 30.8. The third kappa shape index (κ3) is 4.97. The van der Waals surface area contributed by atoms with Crippen molar-refractivity contribution in [3.8, 4) is 16.8 Å². The molecule has 0 amide bonds. The van der Waals surface area contributed by atoms with Gasteiger partial charge < -0.3 is 18.7 Å². The third-order valence-corrected chi connectivity index (χ3v) is 11.6. The van der Waals surface area contributed by atoms with Gasteiger partial charge in [-0.25, -0.2) is 9.98 Å². The molecule has 0 fully saturated rings. The second-order valence-corrected chi connectivity index (χ2v) is 14.8. The first-order valence-electron chi connectivity index (χ1n) is 19.5. The molecule has 0 radical (unpaired) electrons. The van der Waals surface area contributed by atoms with E-state index < -0.39 is 0 Å². The topological polar surface area (TPSA) is 68.0 Å². The number of fused-ring (bicyclic) bond motifs is 9. The van der Waals surface area contributed by atoms with E-state index in [0.717, 1.165) is 89.6 Å². The van der Waals surface area contributed by atoms with Gasteiger partial charge in [0.25, 0.3) is 0 Å². The number of rotatable bonds is 5. The Hall–Kier alpha value is -7.44. The van der Waals surface area contributed by atoms with Crippen molar-refractivity contribution in [1.29, 1.82) is 0 Å². The molecule has 2 atom stereocenters. The fraction of sp³-hybridized carbons (Fsp3) is 0.0588. The molecule has 6 heteroatoms. The van der Waals surface area contributed by atoms with Crippen LogP contribution in [0.1, 0.15) is 23.7 Å². The summed E-state index contributed by atoms with van der Waals surface area (Å²) in [7, 11) is 0. The van der Waals surface area contributed by atoms with Crippen LogP contribution < -0.4 is 16.0 Å². The highest BCUT2D eigenvalue weighted by Gasteiger charge is 2.27. The van der Waals surface area contributed by atoms with Gasteiger partial charge >= 0.3 is 0 Å². The number of aliphatic imine (C=N–C) groups is 2. The second kappa shape index (κ2) is 12.5. The molecule has 12 rings (SSSR count). The molecule has 10 aromatic rings. The van der Waals surface area contributed by atoms with E-state index in [1.165, 1.54) is 21.8 Å². The summed E-state index contributed by atoms with van der Waals surface area (Å²) in [4.78, 5) is 10.2. The van der Waals surface area contributed by atoms with Crippen molar-refractivity contribution in [3.05, 3.63) is 186 Å². The van der Waals surface area contributed by atoms with Crippen LogP contribution in [0.3, 0.4) is 0 Å². The highest BCUT2D eigenvalue weighted by Crippen LogP contribution is 2.42. The van der Waals surface area contributed by atoms with Gasteiger partial charge in [0.1, 0.15) is 34.2 Å². The number of hydrogen-bond acceptors (Lipinski definition) is 5. The van der Waals surface area contributed by atoms with Crippen molar-refractivity contribution in [2.45, 2.75) is 12.6 Å². The fourth-order valence-corrected chi connectivity index (χ4v) is 9.01. The van der Waals surface area contributed by atoms with Gasteiger partial charge in [0, 0.05) is 43.8 Å². The van der Waals surface area contributed by atoms with E-state index in [0.29, 0.717) is 0 Å². The molecule has 0 bridgehead atoms. The van der Waals surface area contributed by atoms with E-state index in [-0.39, 0.29) is 12.1 Å². The Morgan fingerprint density at radius 1 is 0.579 bits per heavy atom. The van der Waals surface area contributed by atoms with Crippen LogP contribution in [-0.2, 0) is 0 Å². The number of aromatic nitrogens is 1. The Morgan fingerprint density at radius 3 is 2.02 bits per heavy atom. The van der Waals surface area contributed by atoms with E-state index in [1.807, 2.05) is 24.3 Å². The summed E-state index contributed by atoms with van der Waals surface area (Å²) >= 11 is 0. The lowest BCUT2D eigenvalue weighted by Gasteiger charge is -2.27. The predicted molar refractivity (Wildman–Crippen MR) is 232 cm³/mol. The minimum absolute atomic E-state index is 0.0115. The maximum absolute atomic E-state index is 6.89. The Kier molecular flexibility index (Phi) is 7.01. The molecule has 3 aromatic heterocycles. The lowest BCUT2D eigenvalue weighted by Crippen LogP contribution is -2.39. The number of nitrogens with one attached hydrogen (secondary N) is 1. The lowest BCUT2D eigenvalue weighted by atomic mass is 9.93. The molecular formula is C51H34N4O2. The number of para-hydroxylation sites is 3. The van der Waals surface area contributed by atoms with Crippen LogP contribution in [0.2, 0.25) is 0 Å². The Balaban J connectivity index is 1.03. The number of amidine groups is 2. The van der Waals surface area contributed by atoms with E-state index in [4.69, 9.17) is 18.8 Å². The van der Waals surface area contributed by atoms with Gasteiger partial charge in [-0.3, -0.25) is 0 Å². The van der Waals surface area contributed by atoms with Crippen molar-refractivity contribution < 1.29 is 8.83 Å². The molecule has 0 saturated carbocycles. The monoisotopic (exact) mass is 734 g/mol. The summed E-state index contributed by atoms with van der Waals surface area (Å²) in [6, 6.07) is 57.1. The van der Waals surface area contributed by atoms with Gasteiger partial charge in [0.2, 0.25) is 0 Å². The zero-order chi connectivity index (χ0) is 37.5. The van der Waals surface area contributed by atoms with Crippen molar-refractivity contribution >= 4 is 78.5 Å². The van der Waals surface area contributed by atoms with Crippen molar-refractivity contribution in [3.63, 3.8) is 0 Å². The Morgan fingerprint density at radius 2 is 1.23 bits per heavy atom. The average molecular weight is 735 g/mol. The van der Waals surface area contributed by atoms with Crippen LogP contribution in [0, 0.1) is 5.92 Å². The van der Waals surface area contributed by atoms with Crippen LogP contribution in [0.4, 0.5) is 0 Å². The van der Waals surface area contributed by atoms with Crippen LogP contribution in [-0.4, -0.2) is 16.2 Å². The summed E-state index contributed by atoms with van der Waals surface area (Å²) < 4.78 is 15.9. The summed E-state index contributed by atoms with van der Waals surface area (Å²) in [6.07, 6.45) is 5.03. The molecule has 270 valence electrons. The van der Waals surface area contributed by atoms with Gasteiger partial charge in [-0.05, 0) is 54.0 Å². The zero-order valence-electron chi connectivity index (χ0n) is 30.8. The van der Waals surface area contributed by atoms with Crippen LogP contribution in [0.25, 0.3) is 83.7 Å². The van der Waals surface area contributed by atoms with E-state index in [2.05, 4.69) is 162 Å². The molecule has 4 heterocycles. The number of nitrogens with zero attached hydrogens (tertiary/aromatic N) is 3. The van der Waals surface area contributed by atoms with Gasteiger partial charge in [-0.1, -0.05) is 140 Å². The lowest BCUT2D eigenvalue weighted by molar-refractivity contribution is 0.569. The van der Waals surface area contributed by atoms with Crippen molar-refractivity contribution in [1.82, 2.24) is 9.88 Å².